The molecule has 1 saturated heterocycles. The van der Waals surface area contributed by atoms with Gasteiger partial charge in [-0.1, -0.05) is 6.42 Å². The van der Waals surface area contributed by atoms with Gasteiger partial charge in [-0.2, -0.15) is 0 Å². The molecule has 4 N–H and O–H groups in total. The van der Waals surface area contributed by atoms with Gasteiger partial charge in [-0.3, -0.25) is 9.69 Å². The third-order valence-corrected chi connectivity index (χ3v) is 4.46. The van der Waals surface area contributed by atoms with E-state index in [1.807, 2.05) is 0 Å². The quantitative estimate of drug-likeness (QED) is 0.447. The van der Waals surface area contributed by atoms with Crippen LogP contribution in [-0.4, -0.2) is 93.3 Å². The maximum Gasteiger partial charge on any atom is 0.237 e. The van der Waals surface area contributed by atoms with Gasteiger partial charge in [0, 0.05) is 0 Å². The number of hydrogen-bond donors (Lipinski definition) is 4. The van der Waals surface area contributed by atoms with Crippen LogP contribution in [0.5, 0.6) is 0 Å². The van der Waals surface area contributed by atoms with Gasteiger partial charge < -0.3 is 25.3 Å². The Hall–Kier alpha value is -0.730. The van der Waals surface area contributed by atoms with Crippen LogP contribution >= 0.6 is 0 Å². The zero-order chi connectivity index (χ0) is 16.7. The van der Waals surface area contributed by atoms with Gasteiger partial charge in [0.25, 0.3) is 0 Å². The standard InChI is InChI=1S/C15H30N2O5/c1-11(13(20)9-18)17(12(2)14(21)10-19)15(22)8-16-6-4-3-5-7-16/h11-14,18-21H,3-10H2,1-2H3. The summed E-state index contributed by atoms with van der Waals surface area (Å²) in [6, 6.07) is -1.28. The third-order valence-electron chi connectivity index (χ3n) is 4.46. The highest BCUT2D eigenvalue weighted by Gasteiger charge is 2.33. The van der Waals surface area contributed by atoms with Gasteiger partial charge in [0.2, 0.25) is 5.91 Å². The Labute approximate surface area is 132 Å². The second-order valence-electron chi connectivity index (χ2n) is 6.12. The monoisotopic (exact) mass is 318 g/mol. The molecule has 22 heavy (non-hydrogen) atoms. The lowest BCUT2D eigenvalue weighted by atomic mass is 10.0. The first-order chi connectivity index (χ1) is 10.4. The van der Waals surface area contributed by atoms with Crippen LogP contribution < -0.4 is 0 Å². The first kappa shape index (κ1) is 19.3. The van der Waals surface area contributed by atoms with Crippen molar-refractivity contribution in [3.05, 3.63) is 0 Å². The lowest BCUT2D eigenvalue weighted by molar-refractivity contribution is -0.144. The normalized spacial score (nSPS) is 21.9. The van der Waals surface area contributed by atoms with Crippen LogP contribution in [-0.2, 0) is 4.79 Å². The number of likely N-dealkylation sites (tertiary alicyclic amines) is 1. The van der Waals surface area contributed by atoms with Gasteiger partial charge in [-0.15, -0.1) is 0 Å². The van der Waals surface area contributed by atoms with E-state index >= 15 is 0 Å². The zero-order valence-electron chi connectivity index (χ0n) is 13.6. The fourth-order valence-corrected chi connectivity index (χ4v) is 2.89. The molecule has 1 rings (SSSR count). The second kappa shape index (κ2) is 9.42. The summed E-state index contributed by atoms with van der Waals surface area (Å²) in [6.07, 6.45) is 1.14. The van der Waals surface area contributed by atoms with Crippen molar-refractivity contribution >= 4 is 5.91 Å². The van der Waals surface area contributed by atoms with Crippen molar-refractivity contribution in [3.8, 4) is 0 Å². The second-order valence-corrected chi connectivity index (χ2v) is 6.12. The van der Waals surface area contributed by atoms with Crippen LogP contribution in [0.25, 0.3) is 0 Å². The van der Waals surface area contributed by atoms with Gasteiger partial charge in [0.15, 0.2) is 0 Å². The van der Waals surface area contributed by atoms with Crippen LogP contribution in [0.2, 0.25) is 0 Å². The first-order valence-electron chi connectivity index (χ1n) is 8.03. The molecule has 0 bridgehead atoms. The van der Waals surface area contributed by atoms with E-state index < -0.39 is 37.5 Å². The number of rotatable bonds is 8. The molecular weight excluding hydrogens is 288 g/mol. The Morgan fingerprint density at radius 2 is 1.45 bits per heavy atom. The molecule has 0 aliphatic carbocycles. The van der Waals surface area contributed by atoms with Crippen molar-refractivity contribution < 1.29 is 25.2 Å². The van der Waals surface area contributed by atoms with Crippen molar-refractivity contribution in [2.75, 3.05) is 32.8 Å². The molecule has 4 unspecified atom stereocenters. The van der Waals surface area contributed by atoms with Crippen molar-refractivity contribution in [2.45, 2.75) is 57.4 Å². The Kier molecular flexibility index (Phi) is 8.27. The molecule has 1 aliphatic heterocycles. The number of nitrogens with zero attached hydrogens (tertiary/aromatic N) is 2. The Bertz CT molecular complexity index is 320. The van der Waals surface area contributed by atoms with E-state index in [0.717, 1.165) is 25.9 Å². The molecule has 1 fully saturated rings. The third kappa shape index (κ3) is 5.17. The van der Waals surface area contributed by atoms with E-state index in [1.54, 1.807) is 13.8 Å². The summed E-state index contributed by atoms with van der Waals surface area (Å²) >= 11 is 0. The maximum atomic E-state index is 12.6. The highest BCUT2D eigenvalue weighted by Crippen LogP contribution is 2.15. The van der Waals surface area contributed by atoms with Gasteiger partial charge in [-0.05, 0) is 39.8 Å². The number of aliphatic hydroxyl groups excluding tert-OH is 4. The van der Waals surface area contributed by atoms with E-state index in [4.69, 9.17) is 10.2 Å². The summed E-state index contributed by atoms with van der Waals surface area (Å²) in [6.45, 7) is 4.31. The van der Waals surface area contributed by atoms with Gasteiger partial charge >= 0.3 is 0 Å². The number of piperidine rings is 1. The summed E-state index contributed by atoms with van der Waals surface area (Å²) < 4.78 is 0. The topological polar surface area (TPSA) is 104 Å². The van der Waals surface area contributed by atoms with E-state index in [-0.39, 0.29) is 12.5 Å². The predicted octanol–water partition coefficient (Wildman–Crippen LogP) is -1.22. The SMILES string of the molecule is CC(C(O)CO)N(C(=O)CN1CCCCC1)C(C)C(O)CO. The van der Waals surface area contributed by atoms with Crippen molar-refractivity contribution in [3.63, 3.8) is 0 Å². The fourth-order valence-electron chi connectivity index (χ4n) is 2.89. The largest absolute Gasteiger partial charge is 0.394 e. The number of carbonyl (C=O) groups excluding carboxylic acids is 1. The molecule has 0 aromatic carbocycles. The molecule has 1 heterocycles. The minimum atomic E-state index is -1.08. The summed E-state index contributed by atoms with van der Waals surface area (Å²) in [7, 11) is 0. The summed E-state index contributed by atoms with van der Waals surface area (Å²) in [4.78, 5) is 16.1. The highest BCUT2D eigenvalue weighted by molar-refractivity contribution is 5.79. The first-order valence-corrected chi connectivity index (χ1v) is 8.03. The minimum Gasteiger partial charge on any atom is -0.394 e. The summed E-state index contributed by atoms with van der Waals surface area (Å²) in [5, 5.41) is 38.0. The molecule has 4 atom stereocenters. The molecule has 7 heteroatoms. The smallest absolute Gasteiger partial charge is 0.237 e. The Morgan fingerprint density at radius 1 is 1.00 bits per heavy atom. The average molecular weight is 318 g/mol. The molecule has 0 radical (unpaired) electrons. The number of hydrogen-bond acceptors (Lipinski definition) is 6. The molecule has 0 spiro atoms. The molecule has 130 valence electrons. The molecule has 0 aromatic rings. The van der Waals surface area contributed by atoms with Gasteiger partial charge in [0.05, 0.1) is 44.1 Å². The Morgan fingerprint density at radius 3 is 1.86 bits per heavy atom. The lowest BCUT2D eigenvalue weighted by Gasteiger charge is -2.39. The van der Waals surface area contributed by atoms with Crippen LogP contribution in [0.1, 0.15) is 33.1 Å². The van der Waals surface area contributed by atoms with Crippen LogP contribution in [0, 0.1) is 0 Å². The van der Waals surface area contributed by atoms with Crippen LogP contribution in [0.3, 0.4) is 0 Å². The molecule has 0 saturated carbocycles. The Balaban J connectivity index is 2.80. The molecule has 1 amide bonds. The van der Waals surface area contributed by atoms with E-state index in [2.05, 4.69) is 4.90 Å². The minimum absolute atomic E-state index is 0.207. The predicted molar refractivity (Wildman–Crippen MR) is 82.2 cm³/mol. The average Bonchev–Trinajstić information content (AvgIpc) is 2.53. The van der Waals surface area contributed by atoms with E-state index in [0.29, 0.717) is 0 Å². The highest BCUT2D eigenvalue weighted by atomic mass is 16.3. The maximum absolute atomic E-state index is 12.6. The number of aliphatic hydroxyl groups is 4. The van der Waals surface area contributed by atoms with Crippen LogP contribution in [0.4, 0.5) is 0 Å². The van der Waals surface area contributed by atoms with Gasteiger partial charge in [-0.25, -0.2) is 0 Å². The molecule has 0 aromatic heterocycles. The molecule has 7 nitrogen and oxygen atoms in total. The van der Waals surface area contributed by atoms with Gasteiger partial charge in [0.1, 0.15) is 0 Å². The molecular formula is C15H30N2O5. The zero-order valence-corrected chi connectivity index (χ0v) is 13.6. The summed E-state index contributed by atoms with van der Waals surface area (Å²) in [5.41, 5.74) is 0. The summed E-state index contributed by atoms with van der Waals surface area (Å²) in [5.74, 6) is -0.207. The number of amides is 1. The van der Waals surface area contributed by atoms with Crippen LogP contribution in [0.15, 0.2) is 0 Å². The van der Waals surface area contributed by atoms with Crippen molar-refractivity contribution in [1.29, 1.82) is 0 Å². The van der Waals surface area contributed by atoms with E-state index in [9.17, 15) is 15.0 Å². The molecule has 1 aliphatic rings. The van der Waals surface area contributed by atoms with Crippen molar-refractivity contribution in [1.82, 2.24) is 9.80 Å². The lowest BCUT2D eigenvalue weighted by Crippen LogP contribution is -2.57. The number of carbonyl (C=O) groups is 1. The van der Waals surface area contributed by atoms with E-state index in [1.165, 1.54) is 11.3 Å². The fraction of sp³-hybridized carbons (Fsp3) is 0.933. The van der Waals surface area contributed by atoms with Crippen molar-refractivity contribution in [2.24, 2.45) is 0 Å².